The van der Waals surface area contributed by atoms with Gasteiger partial charge in [-0.2, -0.15) is 4.98 Å². The Hall–Kier alpha value is -4.27. The maximum absolute atomic E-state index is 5.59. The van der Waals surface area contributed by atoms with Gasteiger partial charge in [0.05, 0.1) is 12.2 Å². The van der Waals surface area contributed by atoms with E-state index in [-0.39, 0.29) is 6.79 Å². The van der Waals surface area contributed by atoms with Gasteiger partial charge in [0.2, 0.25) is 12.7 Å². The summed E-state index contributed by atoms with van der Waals surface area (Å²) in [6, 6.07) is 15.7. The van der Waals surface area contributed by atoms with Gasteiger partial charge in [0.1, 0.15) is 11.6 Å². The second-order valence-electron chi connectivity index (χ2n) is 7.49. The Bertz CT molecular complexity index is 1290. The Balaban J connectivity index is 1.19. The molecule has 0 fully saturated rings. The van der Waals surface area contributed by atoms with E-state index in [0.29, 0.717) is 24.1 Å². The van der Waals surface area contributed by atoms with Crippen molar-refractivity contribution in [3.63, 3.8) is 0 Å². The van der Waals surface area contributed by atoms with Gasteiger partial charge >= 0.3 is 0 Å². The fraction of sp³-hybridized carbons (Fsp3) is 0.174. The molecule has 0 aliphatic carbocycles. The summed E-state index contributed by atoms with van der Waals surface area (Å²) in [6.45, 7) is 1.64. The van der Waals surface area contributed by atoms with Crippen LogP contribution in [0.1, 0.15) is 11.1 Å². The van der Waals surface area contributed by atoms with Crippen molar-refractivity contribution in [3.05, 3.63) is 65.9 Å². The summed E-state index contributed by atoms with van der Waals surface area (Å²) in [5.41, 5.74) is 4.07. The van der Waals surface area contributed by atoms with Crippen LogP contribution in [0.25, 0.3) is 11.4 Å². The molecule has 0 unspecified atom stereocenters. The topological polar surface area (TPSA) is 106 Å². The molecule has 9 nitrogen and oxygen atoms in total. The van der Waals surface area contributed by atoms with Gasteiger partial charge in [0, 0.05) is 30.9 Å². The largest absolute Gasteiger partial charge is 0.493 e. The number of ether oxygens (including phenoxy) is 3. The smallest absolute Gasteiger partial charge is 0.246 e. The minimum absolute atomic E-state index is 0.236. The highest BCUT2D eigenvalue weighted by molar-refractivity contribution is 5.71. The van der Waals surface area contributed by atoms with Gasteiger partial charge in [-0.25, -0.2) is 4.98 Å². The number of aromatic nitrogens is 4. The lowest BCUT2D eigenvalue weighted by molar-refractivity contribution is 0.174. The highest BCUT2D eigenvalue weighted by Crippen LogP contribution is 2.35. The van der Waals surface area contributed by atoms with Crippen LogP contribution >= 0.6 is 0 Å². The minimum Gasteiger partial charge on any atom is -0.493 e. The molecule has 2 aromatic heterocycles. The van der Waals surface area contributed by atoms with Crippen LogP contribution in [0.4, 0.5) is 17.5 Å². The lowest BCUT2D eigenvalue weighted by Gasteiger charge is -2.10. The summed E-state index contributed by atoms with van der Waals surface area (Å²) in [4.78, 5) is 9.09. The lowest BCUT2D eigenvalue weighted by Crippen LogP contribution is -2.03. The number of rotatable bonds is 6. The number of nitrogens with one attached hydrogen (secondary N) is 3. The van der Waals surface area contributed by atoms with Gasteiger partial charge < -0.3 is 24.8 Å². The van der Waals surface area contributed by atoms with Gasteiger partial charge in [-0.3, -0.25) is 5.10 Å². The van der Waals surface area contributed by atoms with Gasteiger partial charge in [-0.15, -0.1) is 5.10 Å². The number of H-pyrrole nitrogens is 1. The van der Waals surface area contributed by atoms with E-state index in [2.05, 4.69) is 42.9 Å². The van der Waals surface area contributed by atoms with Crippen LogP contribution < -0.4 is 24.8 Å². The number of aromatic amines is 1. The van der Waals surface area contributed by atoms with Crippen molar-refractivity contribution in [1.29, 1.82) is 0 Å². The molecule has 4 heterocycles. The molecule has 160 valence electrons. The van der Waals surface area contributed by atoms with Crippen LogP contribution in [0.3, 0.4) is 0 Å². The van der Waals surface area contributed by atoms with Crippen molar-refractivity contribution < 1.29 is 14.2 Å². The maximum Gasteiger partial charge on any atom is 0.246 e. The normalized spacial score (nSPS) is 13.5. The molecular weight excluding hydrogens is 408 g/mol. The Morgan fingerprint density at radius 1 is 0.969 bits per heavy atom. The molecule has 0 saturated carbocycles. The van der Waals surface area contributed by atoms with E-state index in [9.17, 15) is 0 Å². The molecule has 2 aliphatic rings. The average molecular weight is 428 g/mol. The van der Waals surface area contributed by atoms with E-state index in [1.807, 2.05) is 36.4 Å². The predicted molar refractivity (Wildman–Crippen MR) is 118 cm³/mol. The molecule has 0 atom stereocenters. The van der Waals surface area contributed by atoms with Crippen LogP contribution in [0.15, 0.2) is 54.7 Å². The summed E-state index contributed by atoms with van der Waals surface area (Å²) in [5.74, 6) is 4.21. The lowest BCUT2D eigenvalue weighted by atomic mass is 10.1. The molecule has 0 bridgehead atoms. The zero-order chi connectivity index (χ0) is 21.3. The zero-order valence-corrected chi connectivity index (χ0v) is 17.1. The molecular formula is C23H20N6O3. The molecule has 0 radical (unpaired) electrons. The quantitative estimate of drug-likeness (QED) is 0.425. The molecule has 32 heavy (non-hydrogen) atoms. The number of nitrogens with zero attached hydrogens (tertiary/aromatic N) is 3. The van der Waals surface area contributed by atoms with E-state index in [1.54, 1.807) is 6.20 Å². The first-order valence-corrected chi connectivity index (χ1v) is 10.3. The number of fused-ring (bicyclic) bond motifs is 2. The van der Waals surface area contributed by atoms with Crippen LogP contribution in [0, 0.1) is 0 Å². The predicted octanol–water partition coefficient (Wildman–Crippen LogP) is 3.89. The second-order valence-corrected chi connectivity index (χ2v) is 7.49. The van der Waals surface area contributed by atoms with Gasteiger partial charge in [0.25, 0.3) is 0 Å². The number of hydrogen-bond acceptors (Lipinski definition) is 8. The van der Waals surface area contributed by atoms with E-state index in [4.69, 9.17) is 14.2 Å². The Morgan fingerprint density at radius 2 is 1.91 bits per heavy atom. The van der Waals surface area contributed by atoms with Crippen molar-refractivity contribution in [2.24, 2.45) is 0 Å². The number of hydrogen-bond donors (Lipinski definition) is 3. The van der Waals surface area contributed by atoms with Crippen LogP contribution in [-0.4, -0.2) is 33.6 Å². The monoisotopic (exact) mass is 428 g/mol. The Morgan fingerprint density at radius 3 is 2.91 bits per heavy atom. The molecule has 0 saturated heterocycles. The van der Waals surface area contributed by atoms with Gasteiger partial charge in [0.15, 0.2) is 17.3 Å². The van der Waals surface area contributed by atoms with E-state index < -0.39 is 0 Å². The van der Waals surface area contributed by atoms with Crippen molar-refractivity contribution >= 4 is 17.5 Å². The minimum atomic E-state index is 0.236. The molecule has 4 aromatic rings. The van der Waals surface area contributed by atoms with E-state index in [1.165, 1.54) is 11.1 Å². The fourth-order valence-electron chi connectivity index (χ4n) is 3.81. The second kappa shape index (κ2) is 7.77. The van der Waals surface area contributed by atoms with E-state index in [0.717, 1.165) is 41.6 Å². The zero-order valence-electron chi connectivity index (χ0n) is 17.1. The molecule has 0 amide bonds. The third-order valence-electron chi connectivity index (χ3n) is 5.39. The standard InChI is InChI=1S/C23H20N6O3/c1-2-17(21(24-8-1)25-12-14-3-5-18-15(10-14)7-9-30-18)22-27-23(29-28-22)26-16-4-6-19-20(11-16)32-13-31-19/h1-6,8,10-11H,7,9,12-13H2,(H,24,25)(H2,26,27,28,29). The number of pyridine rings is 1. The van der Waals surface area contributed by atoms with Crippen molar-refractivity contribution in [3.8, 4) is 28.6 Å². The molecule has 6 rings (SSSR count). The Labute approximate surface area is 183 Å². The van der Waals surface area contributed by atoms with Crippen molar-refractivity contribution in [2.45, 2.75) is 13.0 Å². The first-order chi connectivity index (χ1) is 15.8. The summed E-state index contributed by atoms with van der Waals surface area (Å²) >= 11 is 0. The summed E-state index contributed by atoms with van der Waals surface area (Å²) in [7, 11) is 0. The van der Waals surface area contributed by atoms with Crippen LogP contribution in [0.2, 0.25) is 0 Å². The first kappa shape index (κ1) is 18.5. The van der Waals surface area contributed by atoms with Gasteiger partial charge in [-0.05, 0) is 41.5 Å². The third kappa shape index (κ3) is 3.53. The SMILES string of the molecule is c1cnc(NCc2ccc3c(c2)CCO3)c(-c2nc(Nc3ccc4c(c3)OCO4)n[nH]2)c1. The molecule has 9 heteroatoms. The molecule has 0 spiro atoms. The summed E-state index contributed by atoms with van der Waals surface area (Å²) in [6.07, 6.45) is 2.71. The summed E-state index contributed by atoms with van der Waals surface area (Å²) in [5, 5.41) is 13.9. The average Bonchev–Trinajstić information content (AvgIpc) is 3.58. The maximum atomic E-state index is 5.59. The van der Waals surface area contributed by atoms with Crippen molar-refractivity contribution in [1.82, 2.24) is 20.2 Å². The molecule has 2 aromatic carbocycles. The summed E-state index contributed by atoms with van der Waals surface area (Å²) < 4.78 is 16.4. The van der Waals surface area contributed by atoms with E-state index >= 15 is 0 Å². The van der Waals surface area contributed by atoms with Crippen LogP contribution in [-0.2, 0) is 13.0 Å². The van der Waals surface area contributed by atoms with Crippen molar-refractivity contribution in [2.75, 3.05) is 24.0 Å². The first-order valence-electron chi connectivity index (χ1n) is 10.3. The number of anilines is 3. The fourth-order valence-corrected chi connectivity index (χ4v) is 3.81. The molecule has 2 aliphatic heterocycles. The highest BCUT2D eigenvalue weighted by atomic mass is 16.7. The molecule has 3 N–H and O–H groups in total. The highest BCUT2D eigenvalue weighted by Gasteiger charge is 2.16. The van der Waals surface area contributed by atoms with Crippen LogP contribution in [0.5, 0.6) is 17.2 Å². The Kier molecular flexibility index (Phi) is 4.49. The third-order valence-corrected chi connectivity index (χ3v) is 5.39. The van der Waals surface area contributed by atoms with Gasteiger partial charge in [-0.1, -0.05) is 12.1 Å². The number of benzene rings is 2.